The zero-order valence-corrected chi connectivity index (χ0v) is 15.9. The van der Waals surface area contributed by atoms with E-state index in [0.717, 1.165) is 45.4 Å². The largest absolute Gasteiger partial charge is 0.461 e. The van der Waals surface area contributed by atoms with Crippen molar-refractivity contribution in [1.82, 2.24) is 0 Å². The molecule has 1 saturated heterocycles. The SMILES string of the molecule is CCOCCC[NH2+]C[C@@H]1C(=O)O[C@H]2CC3=CCC[C@@H](C)[C@]3(C)[C@@H](O)[C@@H]21. The highest BCUT2D eigenvalue weighted by Gasteiger charge is 2.60. The van der Waals surface area contributed by atoms with E-state index in [-0.39, 0.29) is 29.3 Å². The lowest BCUT2D eigenvalue weighted by Gasteiger charge is -2.51. The molecule has 142 valence electrons. The van der Waals surface area contributed by atoms with Gasteiger partial charge in [0, 0.05) is 30.8 Å². The first-order valence-electron chi connectivity index (χ1n) is 9.97. The fourth-order valence-corrected chi connectivity index (χ4v) is 5.10. The number of aliphatic hydroxyl groups excluding tert-OH is 1. The van der Waals surface area contributed by atoms with Crippen LogP contribution in [0.2, 0.25) is 0 Å². The summed E-state index contributed by atoms with van der Waals surface area (Å²) < 4.78 is 11.0. The molecular weight excluding hydrogens is 318 g/mol. The number of allylic oxidation sites excluding steroid dienone is 1. The number of aliphatic hydroxyl groups is 1. The molecule has 6 atom stereocenters. The molecule has 0 unspecified atom stereocenters. The Morgan fingerprint density at radius 1 is 1.48 bits per heavy atom. The number of ether oxygens (including phenoxy) is 2. The van der Waals surface area contributed by atoms with Crippen molar-refractivity contribution in [2.45, 2.75) is 58.7 Å². The summed E-state index contributed by atoms with van der Waals surface area (Å²) in [5, 5.41) is 13.4. The lowest BCUT2D eigenvalue weighted by Crippen LogP contribution is -2.86. The molecule has 1 aliphatic heterocycles. The predicted octanol–water partition coefficient (Wildman–Crippen LogP) is 1.26. The van der Waals surface area contributed by atoms with E-state index in [2.05, 4.69) is 25.2 Å². The van der Waals surface area contributed by atoms with Crippen molar-refractivity contribution in [3.63, 3.8) is 0 Å². The monoisotopic (exact) mass is 352 g/mol. The molecule has 3 N–H and O–H groups in total. The number of esters is 1. The van der Waals surface area contributed by atoms with Gasteiger partial charge in [0.05, 0.1) is 25.8 Å². The summed E-state index contributed by atoms with van der Waals surface area (Å²) in [6.45, 7) is 9.58. The lowest BCUT2D eigenvalue weighted by atomic mass is 9.55. The summed E-state index contributed by atoms with van der Waals surface area (Å²) in [7, 11) is 0. The molecule has 0 aromatic carbocycles. The molecule has 1 heterocycles. The molecule has 0 amide bonds. The fourth-order valence-electron chi connectivity index (χ4n) is 5.10. The average molecular weight is 352 g/mol. The highest BCUT2D eigenvalue weighted by molar-refractivity contribution is 5.76. The van der Waals surface area contributed by atoms with Crippen LogP contribution in [0.5, 0.6) is 0 Å². The third-order valence-corrected chi connectivity index (χ3v) is 6.89. The Morgan fingerprint density at radius 2 is 2.28 bits per heavy atom. The minimum atomic E-state index is -0.499. The molecule has 3 rings (SSSR count). The fraction of sp³-hybridized carbons (Fsp3) is 0.850. The molecule has 5 nitrogen and oxygen atoms in total. The highest BCUT2D eigenvalue weighted by atomic mass is 16.6. The molecule has 0 radical (unpaired) electrons. The summed E-state index contributed by atoms with van der Waals surface area (Å²) in [4.78, 5) is 12.4. The van der Waals surface area contributed by atoms with Crippen LogP contribution >= 0.6 is 0 Å². The Labute approximate surface area is 151 Å². The van der Waals surface area contributed by atoms with E-state index in [1.165, 1.54) is 5.57 Å². The van der Waals surface area contributed by atoms with Crippen LogP contribution in [-0.4, -0.2) is 49.6 Å². The maximum absolute atomic E-state index is 12.4. The first kappa shape index (κ1) is 18.9. The Balaban J connectivity index is 1.66. The van der Waals surface area contributed by atoms with Gasteiger partial charge in [-0.1, -0.05) is 25.5 Å². The molecule has 2 aliphatic carbocycles. The molecule has 0 aromatic heterocycles. The number of carbonyl (C=O) groups excluding carboxylic acids is 1. The second-order valence-electron chi connectivity index (χ2n) is 8.16. The average Bonchev–Trinajstić information content (AvgIpc) is 2.89. The van der Waals surface area contributed by atoms with Gasteiger partial charge in [0.25, 0.3) is 0 Å². The van der Waals surface area contributed by atoms with E-state index in [0.29, 0.717) is 12.5 Å². The van der Waals surface area contributed by atoms with Crippen molar-refractivity contribution >= 4 is 5.97 Å². The maximum atomic E-state index is 12.4. The summed E-state index contributed by atoms with van der Waals surface area (Å²) in [6, 6.07) is 0. The third kappa shape index (κ3) is 3.38. The van der Waals surface area contributed by atoms with E-state index >= 15 is 0 Å². The molecule has 0 aromatic rings. The van der Waals surface area contributed by atoms with Crippen molar-refractivity contribution in [3.8, 4) is 0 Å². The molecular formula is C20H34NO4+. The van der Waals surface area contributed by atoms with Crippen molar-refractivity contribution in [1.29, 1.82) is 0 Å². The number of fused-ring (bicyclic) bond motifs is 2. The van der Waals surface area contributed by atoms with E-state index in [1.807, 2.05) is 6.92 Å². The number of carbonyl (C=O) groups is 1. The maximum Gasteiger partial charge on any atom is 0.315 e. The van der Waals surface area contributed by atoms with Gasteiger partial charge in [-0.15, -0.1) is 0 Å². The Hall–Kier alpha value is -0.910. The predicted molar refractivity (Wildman–Crippen MR) is 94.8 cm³/mol. The smallest absolute Gasteiger partial charge is 0.315 e. The first-order valence-corrected chi connectivity index (χ1v) is 9.97. The second kappa shape index (κ2) is 7.77. The summed E-state index contributed by atoms with van der Waals surface area (Å²) in [5.41, 5.74) is 1.09. The lowest BCUT2D eigenvalue weighted by molar-refractivity contribution is -0.660. The van der Waals surface area contributed by atoms with Crippen LogP contribution in [-0.2, 0) is 14.3 Å². The van der Waals surface area contributed by atoms with Gasteiger partial charge in [-0.2, -0.15) is 0 Å². The van der Waals surface area contributed by atoms with Crippen LogP contribution in [0.4, 0.5) is 0 Å². The summed E-state index contributed by atoms with van der Waals surface area (Å²) in [5.74, 6) is 0.0542. The molecule has 1 saturated carbocycles. The van der Waals surface area contributed by atoms with Crippen LogP contribution in [0.3, 0.4) is 0 Å². The molecule has 2 fully saturated rings. The van der Waals surface area contributed by atoms with Gasteiger partial charge < -0.3 is 19.9 Å². The summed E-state index contributed by atoms with van der Waals surface area (Å²) >= 11 is 0. The van der Waals surface area contributed by atoms with E-state index in [1.54, 1.807) is 0 Å². The second-order valence-corrected chi connectivity index (χ2v) is 8.16. The van der Waals surface area contributed by atoms with E-state index < -0.39 is 6.10 Å². The minimum Gasteiger partial charge on any atom is -0.461 e. The van der Waals surface area contributed by atoms with Gasteiger partial charge in [-0.3, -0.25) is 4.79 Å². The zero-order valence-electron chi connectivity index (χ0n) is 15.9. The van der Waals surface area contributed by atoms with Crippen LogP contribution in [0.25, 0.3) is 0 Å². The molecule has 3 aliphatic rings. The Kier molecular flexibility index (Phi) is 5.86. The van der Waals surface area contributed by atoms with Crippen LogP contribution in [0.15, 0.2) is 11.6 Å². The van der Waals surface area contributed by atoms with Crippen molar-refractivity contribution < 1.29 is 24.7 Å². The number of nitrogens with two attached hydrogens (primary N) is 1. The van der Waals surface area contributed by atoms with Crippen LogP contribution in [0.1, 0.15) is 46.5 Å². The quantitative estimate of drug-likeness (QED) is 0.411. The van der Waals surface area contributed by atoms with Crippen molar-refractivity contribution in [3.05, 3.63) is 11.6 Å². The van der Waals surface area contributed by atoms with Crippen LogP contribution < -0.4 is 5.32 Å². The van der Waals surface area contributed by atoms with Gasteiger partial charge in [0.1, 0.15) is 12.0 Å². The van der Waals surface area contributed by atoms with Crippen molar-refractivity contribution in [2.75, 3.05) is 26.3 Å². The highest BCUT2D eigenvalue weighted by Crippen LogP contribution is 2.55. The van der Waals surface area contributed by atoms with E-state index in [4.69, 9.17) is 9.47 Å². The minimum absolute atomic E-state index is 0.0710. The van der Waals surface area contributed by atoms with E-state index in [9.17, 15) is 9.90 Å². The van der Waals surface area contributed by atoms with Gasteiger partial charge in [-0.25, -0.2) is 0 Å². The number of hydrogen-bond acceptors (Lipinski definition) is 4. The first-order chi connectivity index (χ1) is 12.0. The number of hydrogen-bond donors (Lipinski definition) is 2. The molecule has 0 bridgehead atoms. The van der Waals surface area contributed by atoms with Crippen molar-refractivity contribution in [2.24, 2.45) is 23.2 Å². The topological polar surface area (TPSA) is 72.4 Å². The molecule has 0 spiro atoms. The number of rotatable bonds is 7. The molecule has 25 heavy (non-hydrogen) atoms. The Bertz CT molecular complexity index is 520. The number of quaternary nitrogens is 1. The van der Waals surface area contributed by atoms with Crippen LogP contribution in [0, 0.1) is 23.2 Å². The third-order valence-electron chi connectivity index (χ3n) is 6.89. The van der Waals surface area contributed by atoms with Gasteiger partial charge in [0.2, 0.25) is 0 Å². The molecule has 5 heteroatoms. The van der Waals surface area contributed by atoms with Gasteiger partial charge >= 0.3 is 5.97 Å². The van der Waals surface area contributed by atoms with Gasteiger partial charge in [0.15, 0.2) is 0 Å². The van der Waals surface area contributed by atoms with Gasteiger partial charge in [-0.05, 0) is 25.7 Å². The summed E-state index contributed by atoms with van der Waals surface area (Å²) in [6.07, 6.45) is 5.59. The Morgan fingerprint density at radius 3 is 3.04 bits per heavy atom. The normalized spacial score (nSPS) is 40.2. The standard InChI is InChI=1S/C20H33NO4/c1-4-24-10-6-9-21-12-15-17-16(25-19(15)23)11-14-8-5-7-13(2)20(14,3)18(17)22/h8,13,15-18,21-22H,4-7,9-12H2,1-3H3/p+1/t13-,15+,16+,17-,18+,20+/m1/s1. The zero-order chi connectivity index (χ0) is 18.0.